The zero-order valence-electron chi connectivity index (χ0n) is 13.3. The molecule has 2 N–H and O–H groups in total. The number of ether oxygens (including phenoxy) is 1. The third-order valence-corrected chi connectivity index (χ3v) is 3.62. The smallest absolute Gasteiger partial charge is 0.224 e. The van der Waals surface area contributed by atoms with E-state index in [1.165, 1.54) is 12.1 Å². The molecule has 24 heavy (non-hydrogen) atoms. The zero-order chi connectivity index (χ0) is 16.9. The van der Waals surface area contributed by atoms with Gasteiger partial charge in [-0.15, -0.1) is 0 Å². The van der Waals surface area contributed by atoms with E-state index in [-0.39, 0.29) is 30.7 Å². The normalized spacial score (nSPS) is 12.1. The Labute approximate surface area is 138 Å². The summed E-state index contributed by atoms with van der Waals surface area (Å²) >= 11 is 0. The number of fused-ring (bicyclic) bond motifs is 1. The van der Waals surface area contributed by atoms with Crippen LogP contribution in [0.15, 0.2) is 48.5 Å². The van der Waals surface area contributed by atoms with Crippen LogP contribution in [0.25, 0.3) is 11.0 Å². The number of para-hydroxylation sites is 3. The van der Waals surface area contributed by atoms with Gasteiger partial charge in [-0.3, -0.25) is 4.79 Å². The van der Waals surface area contributed by atoms with Crippen molar-refractivity contribution < 1.29 is 13.9 Å². The standard InChI is InChI=1S/C18H18FN3O2/c1-12(18-21-14-7-3-4-8-15(14)22-18)20-17(23)10-11-24-16-9-5-2-6-13(16)19/h2-9,12H,10-11H2,1H3,(H,20,23)(H,21,22). The molecule has 1 aromatic heterocycles. The predicted octanol–water partition coefficient (Wildman–Crippen LogP) is 3.35. The Morgan fingerprint density at radius 3 is 2.79 bits per heavy atom. The van der Waals surface area contributed by atoms with Gasteiger partial charge in [0.15, 0.2) is 11.6 Å². The summed E-state index contributed by atoms with van der Waals surface area (Å²) in [6, 6.07) is 13.5. The van der Waals surface area contributed by atoms with Crippen molar-refractivity contribution in [3.63, 3.8) is 0 Å². The summed E-state index contributed by atoms with van der Waals surface area (Å²) in [5, 5.41) is 2.85. The molecule has 0 fully saturated rings. The lowest BCUT2D eigenvalue weighted by Gasteiger charge is -2.12. The third-order valence-electron chi connectivity index (χ3n) is 3.62. The molecular weight excluding hydrogens is 309 g/mol. The van der Waals surface area contributed by atoms with Gasteiger partial charge in [0.1, 0.15) is 5.82 Å². The van der Waals surface area contributed by atoms with Gasteiger partial charge in [0.05, 0.1) is 30.1 Å². The maximum absolute atomic E-state index is 13.4. The lowest BCUT2D eigenvalue weighted by molar-refractivity contribution is -0.122. The minimum absolute atomic E-state index is 0.111. The van der Waals surface area contributed by atoms with E-state index in [2.05, 4.69) is 15.3 Å². The highest BCUT2D eigenvalue weighted by atomic mass is 19.1. The van der Waals surface area contributed by atoms with Crippen molar-refractivity contribution in [3.8, 4) is 5.75 Å². The highest BCUT2D eigenvalue weighted by molar-refractivity contribution is 5.77. The third kappa shape index (κ3) is 3.71. The summed E-state index contributed by atoms with van der Waals surface area (Å²) in [5.41, 5.74) is 1.79. The van der Waals surface area contributed by atoms with Crippen molar-refractivity contribution in [1.82, 2.24) is 15.3 Å². The van der Waals surface area contributed by atoms with Crippen LogP contribution in [0.2, 0.25) is 0 Å². The Kier molecular flexibility index (Phi) is 4.74. The van der Waals surface area contributed by atoms with Crippen LogP contribution in [0, 0.1) is 5.82 Å². The van der Waals surface area contributed by atoms with E-state index in [0.717, 1.165) is 11.0 Å². The van der Waals surface area contributed by atoms with Gasteiger partial charge < -0.3 is 15.0 Å². The van der Waals surface area contributed by atoms with Crippen LogP contribution in [0.3, 0.4) is 0 Å². The molecule has 1 amide bonds. The molecule has 0 aliphatic rings. The maximum atomic E-state index is 13.4. The first-order valence-electron chi connectivity index (χ1n) is 7.75. The number of nitrogens with one attached hydrogen (secondary N) is 2. The number of nitrogens with zero attached hydrogens (tertiary/aromatic N) is 1. The molecule has 0 saturated heterocycles. The van der Waals surface area contributed by atoms with Crippen LogP contribution < -0.4 is 10.1 Å². The maximum Gasteiger partial charge on any atom is 0.224 e. The first kappa shape index (κ1) is 16.0. The Morgan fingerprint density at radius 1 is 1.25 bits per heavy atom. The number of rotatable bonds is 6. The van der Waals surface area contributed by atoms with Gasteiger partial charge in [0.2, 0.25) is 5.91 Å². The first-order chi connectivity index (χ1) is 11.6. The molecule has 5 nitrogen and oxygen atoms in total. The van der Waals surface area contributed by atoms with Crippen LogP contribution in [-0.4, -0.2) is 22.5 Å². The first-order valence-corrected chi connectivity index (χ1v) is 7.75. The highest BCUT2D eigenvalue weighted by Crippen LogP contribution is 2.17. The number of carbonyl (C=O) groups is 1. The molecule has 0 aliphatic heterocycles. The zero-order valence-corrected chi connectivity index (χ0v) is 13.3. The summed E-state index contributed by atoms with van der Waals surface area (Å²) in [7, 11) is 0. The molecule has 1 unspecified atom stereocenters. The largest absolute Gasteiger partial charge is 0.490 e. The van der Waals surface area contributed by atoms with E-state index >= 15 is 0 Å². The van der Waals surface area contributed by atoms with Gasteiger partial charge in [-0.05, 0) is 31.2 Å². The summed E-state index contributed by atoms with van der Waals surface area (Å²) < 4.78 is 18.7. The van der Waals surface area contributed by atoms with Crippen molar-refractivity contribution in [2.45, 2.75) is 19.4 Å². The highest BCUT2D eigenvalue weighted by Gasteiger charge is 2.13. The molecule has 0 radical (unpaired) electrons. The summed E-state index contributed by atoms with van der Waals surface area (Å²) in [6.07, 6.45) is 0.138. The van der Waals surface area contributed by atoms with Gasteiger partial charge >= 0.3 is 0 Å². The second-order valence-electron chi connectivity index (χ2n) is 5.46. The van der Waals surface area contributed by atoms with E-state index < -0.39 is 5.82 Å². The number of carbonyl (C=O) groups excluding carboxylic acids is 1. The number of imidazole rings is 1. The topological polar surface area (TPSA) is 67.0 Å². The molecule has 124 valence electrons. The molecule has 6 heteroatoms. The van der Waals surface area contributed by atoms with Gasteiger partial charge in [-0.25, -0.2) is 9.37 Å². The molecule has 0 saturated carbocycles. The number of hydrogen-bond donors (Lipinski definition) is 2. The number of H-pyrrole nitrogens is 1. The van der Waals surface area contributed by atoms with Crippen molar-refractivity contribution in [1.29, 1.82) is 0 Å². The number of aromatic nitrogens is 2. The van der Waals surface area contributed by atoms with E-state index in [1.807, 2.05) is 31.2 Å². The number of halogens is 1. The monoisotopic (exact) mass is 327 g/mol. The Morgan fingerprint density at radius 2 is 2.00 bits per heavy atom. The summed E-state index contributed by atoms with van der Waals surface area (Å²) in [4.78, 5) is 19.6. The van der Waals surface area contributed by atoms with Crippen molar-refractivity contribution in [2.75, 3.05) is 6.61 Å². The van der Waals surface area contributed by atoms with E-state index in [4.69, 9.17) is 4.74 Å². The number of amides is 1. The Bertz CT molecular complexity index is 814. The summed E-state index contributed by atoms with van der Waals surface area (Å²) in [6.45, 7) is 1.97. The molecule has 3 rings (SSSR count). The lowest BCUT2D eigenvalue weighted by Crippen LogP contribution is -2.28. The average Bonchev–Trinajstić information content (AvgIpc) is 3.01. The number of hydrogen-bond acceptors (Lipinski definition) is 3. The Hall–Kier alpha value is -2.89. The quantitative estimate of drug-likeness (QED) is 0.729. The predicted molar refractivity (Wildman–Crippen MR) is 89.2 cm³/mol. The molecule has 1 heterocycles. The molecule has 1 atom stereocenters. The SMILES string of the molecule is CC(NC(=O)CCOc1ccccc1F)c1nc2ccccc2[nH]1. The van der Waals surface area contributed by atoms with E-state index in [0.29, 0.717) is 5.82 Å². The number of aromatic amines is 1. The van der Waals surface area contributed by atoms with Crippen molar-refractivity contribution >= 4 is 16.9 Å². The fourth-order valence-electron chi connectivity index (χ4n) is 2.38. The molecule has 0 spiro atoms. The van der Waals surface area contributed by atoms with Crippen molar-refractivity contribution in [3.05, 3.63) is 60.2 Å². The van der Waals surface area contributed by atoms with Crippen molar-refractivity contribution in [2.24, 2.45) is 0 Å². The van der Waals surface area contributed by atoms with Gasteiger partial charge in [-0.2, -0.15) is 0 Å². The van der Waals surface area contributed by atoms with Crippen LogP contribution >= 0.6 is 0 Å². The summed E-state index contributed by atoms with van der Waals surface area (Å²) in [5.74, 6) is 0.225. The lowest BCUT2D eigenvalue weighted by atomic mass is 10.3. The number of benzene rings is 2. The van der Waals surface area contributed by atoms with E-state index in [9.17, 15) is 9.18 Å². The molecule has 3 aromatic rings. The fourth-order valence-corrected chi connectivity index (χ4v) is 2.38. The van der Waals surface area contributed by atoms with Gasteiger partial charge in [0, 0.05) is 0 Å². The van der Waals surface area contributed by atoms with Gasteiger partial charge in [0.25, 0.3) is 0 Å². The molecule has 0 aliphatic carbocycles. The van der Waals surface area contributed by atoms with Gasteiger partial charge in [-0.1, -0.05) is 24.3 Å². The van der Waals surface area contributed by atoms with Crippen LogP contribution in [0.5, 0.6) is 5.75 Å². The average molecular weight is 327 g/mol. The minimum Gasteiger partial charge on any atom is -0.490 e. The molecule has 2 aromatic carbocycles. The minimum atomic E-state index is -0.437. The molecular formula is C18H18FN3O2. The fraction of sp³-hybridized carbons (Fsp3) is 0.222. The van der Waals surface area contributed by atoms with E-state index in [1.54, 1.807) is 12.1 Å². The second kappa shape index (κ2) is 7.12. The van der Waals surface area contributed by atoms with Crippen LogP contribution in [0.1, 0.15) is 25.2 Å². The van der Waals surface area contributed by atoms with Crippen LogP contribution in [-0.2, 0) is 4.79 Å². The Balaban J connectivity index is 1.51. The second-order valence-corrected chi connectivity index (χ2v) is 5.46. The van der Waals surface area contributed by atoms with Crippen LogP contribution in [0.4, 0.5) is 4.39 Å². The molecule has 0 bridgehead atoms.